The van der Waals surface area contributed by atoms with Crippen LogP contribution in [0.2, 0.25) is 0 Å². The van der Waals surface area contributed by atoms with Crippen molar-refractivity contribution in [3.05, 3.63) is 0 Å². The van der Waals surface area contributed by atoms with Crippen LogP contribution in [-0.4, -0.2) is 36.5 Å². The fourth-order valence-corrected chi connectivity index (χ4v) is 3.01. The van der Waals surface area contributed by atoms with Gasteiger partial charge >= 0.3 is 0 Å². The first-order valence-electron chi connectivity index (χ1n) is 8.08. The van der Waals surface area contributed by atoms with Gasteiger partial charge in [0.15, 0.2) is 0 Å². The van der Waals surface area contributed by atoms with Crippen LogP contribution >= 0.6 is 0 Å². The van der Waals surface area contributed by atoms with E-state index in [4.69, 9.17) is 0 Å². The Hall–Kier alpha value is -0.570. The van der Waals surface area contributed by atoms with Crippen molar-refractivity contribution in [2.24, 2.45) is 11.8 Å². The maximum absolute atomic E-state index is 12.5. The molecular formula is C16H32N2O. The van der Waals surface area contributed by atoms with Gasteiger partial charge in [-0.15, -0.1) is 0 Å². The van der Waals surface area contributed by atoms with E-state index >= 15 is 0 Å². The van der Waals surface area contributed by atoms with Crippen molar-refractivity contribution in [3.8, 4) is 0 Å². The van der Waals surface area contributed by atoms with Crippen LogP contribution in [0.4, 0.5) is 0 Å². The van der Waals surface area contributed by atoms with Crippen LogP contribution < -0.4 is 5.32 Å². The third-order valence-electron chi connectivity index (χ3n) is 4.19. The minimum atomic E-state index is 0.370. The fraction of sp³-hybridized carbons (Fsp3) is 0.938. The Labute approximate surface area is 119 Å². The molecule has 0 aromatic carbocycles. The largest absolute Gasteiger partial charge is 0.339 e. The van der Waals surface area contributed by atoms with Crippen LogP contribution in [0, 0.1) is 11.8 Å². The normalized spacial score (nSPS) is 19.4. The molecule has 1 fully saturated rings. The predicted octanol–water partition coefficient (Wildman–Crippen LogP) is 3.05. The molecule has 3 nitrogen and oxygen atoms in total. The average Bonchev–Trinajstić information content (AvgIpc) is 2.88. The van der Waals surface area contributed by atoms with E-state index in [9.17, 15) is 4.79 Å². The van der Waals surface area contributed by atoms with Crippen LogP contribution in [0.5, 0.6) is 0 Å². The van der Waals surface area contributed by atoms with Gasteiger partial charge in [0.2, 0.25) is 5.91 Å². The predicted molar refractivity (Wildman–Crippen MR) is 81.1 cm³/mol. The molecule has 0 spiro atoms. The second-order valence-electron chi connectivity index (χ2n) is 6.31. The van der Waals surface area contributed by atoms with E-state index in [-0.39, 0.29) is 0 Å². The molecule has 1 heterocycles. The van der Waals surface area contributed by atoms with E-state index in [0.717, 1.165) is 45.3 Å². The Balaban J connectivity index is 2.49. The van der Waals surface area contributed by atoms with Gasteiger partial charge in [-0.2, -0.15) is 0 Å². The molecule has 1 aliphatic rings. The summed E-state index contributed by atoms with van der Waals surface area (Å²) in [6.07, 6.45) is 5.17. The maximum atomic E-state index is 12.5. The van der Waals surface area contributed by atoms with Crippen molar-refractivity contribution in [1.82, 2.24) is 10.2 Å². The molecule has 3 heteroatoms. The zero-order valence-corrected chi connectivity index (χ0v) is 13.2. The van der Waals surface area contributed by atoms with E-state index in [2.05, 4.69) is 37.9 Å². The van der Waals surface area contributed by atoms with Crippen molar-refractivity contribution in [2.75, 3.05) is 19.6 Å². The molecule has 1 unspecified atom stereocenters. The number of hydrogen-bond acceptors (Lipinski definition) is 2. The van der Waals surface area contributed by atoms with E-state index in [0.29, 0.717) is 23.8 Å². The summed E-state index contributed by atoms with van der Waals surface area (Å²) in [7, 11) is 0. The van der Waals surface area contributed by atoms with Crippen molar-refractivity contribution >= 4 is 5.91 Å². The molecule has 0 saturated carbocycles. The van der Waals surface area contributed by atoms with Gasteiger partial charge in [0.05, 0.1) is 0 Å². The minimum Gasteiger partial charge on any atom is -0.339 e. The Morgan fingerprint density at radius 2 is 2.00 bits per heavy atom. The van der Waals surface area contributed by atoms with Crippen molar-refractivity contribution < 1.29 is 4.79 Å². The highest BCUT2D eigenvalue weighted by Gasteiger charge is 2.23. The summed E-state index contributed by atoms with van der Waals surface area (Å²) in [5.74, 6) is 1.64. The number of carbonyl (C=O) groups is 1. The van der Waals surface area contributed by atoms with Crippen LogP contribution in [-0.2, 0) is 4.79 Å². The van der Waals surface area contributed by atoms with Crippen LogP contribution in [0.25, 0.3) is 0 Å². The summed E-state index contributed by atoms with van der Waals surface area (Å²) >= 11 is 0. The SMILES string of the molecule is CCC(CC)N(CC(C)C)C(=O)CCC1CCNC1. The third-order valence-corrected chi connectivity index (χ3v) is 4.19. The second kappa shape index (κ2) is 8.57. The van der Waals surface area contributed by atoms with Gasteiger partial charge in [-0.25, -0.2) is 0 Å². The highest BCUT2D eigenvalue weighted by Crippen LogP contribution is 2.18. The molecule has 1 N–H and O–H groups in total. The molecule has 0 aliphatic carbocycles. The summed E-state index contributed by atoms with van der Waals surface area (Å²) < 4.78 is 0. The highest BCUT2D eigenvalue weighted by atomic mass is 16.2. The molecule has 0 aromatic heterocycles. The van der Waals surface area contributed by atoms with Gasteiger partial charge in [0, 0.05) is 19.0 Å². The minimum absolute atomic E-state index is 0.370. The summed E-state index contributed by atoms with van der Waals surface area (Å²) in [5.41, 5.74) is 0. The Bertz CT molecular complexity index is 255. The maximum Gasteiger partial charge on any atom is 0.222 e. The van der Waals surface area contributed by atoms with Crippen LogP contribution in [0.3, 0.4) is 0 Å². The summed E-state index contributed by atoms with van der Waals surface area (Å²) in [5, 5.41) is 3.38. The lowest BCUT2D eigenvalue weighted by molar-refractivity contribution is -0.134. The van der Waals surface area contributed by atoms with E-state index < -0.39 is 0 Å². The van der Waals surface area contributed by atoms with Gasteiger partial charge < -0.3 is 10.2 Å². The molecule has 0 radical (unpaired) electrons. The Kier molecular flexibility index (Phi) is 7.44. The first kappa shape index (κ1) is 16.5. The lowest BCUT2D eigenvalue weighted by Gasteiger charge is -2.32. The zero-order valence-electron chi connectivity index (χ0n) is 13.2. The van der Waals surface area contributed by atoms with Gasteiger partial charge in [-0.3, -0.25) is 4.79 Å². The van der Waals surface area contributed by atoms with E-state index in [1.54, 1.807) is 0 Å². The highest BCUT2D eigenvalue weighted by molar-refractivity contribution is 5.76. The lowest BCUT2D eigenvalue weighted by Crippen LogP contribution is -2.42. The number of amides is 1. The lowest BCUT2D eigenvalue weighted by atomic mass is 10.0. The monoisotopic (exact) mass is 268 g/mol. The van der Waals surface area contributed by atoms with Gasteiger partial charge in [-0.05, 0) is 50.6 Å². The second-order valence-corrected chi connectivity index (χ2v) is 6.31. The van der Waals surface area contributed by atoms with Gasteiger partial charge in [-0.1, -0.05) is 27.7 Å². The molecule has 1 atom stereocenters. The first-order valence-corrected chi connectivity index (χ1v) is 8.08. The molecule has 1 aliphatic heterocycles. The molecule has 1 amide bonds. The topological polar surface area (TPSA) is 32.3 Å². The van der Waals surface area contributed by atoms with Crippen molar-refractivity contribution in [1.29, 1.82) is 0 Å². The number of nitrogens with zero attached hydrogens (tertiary/aromatic N) is 1. The first-order chi connectivity index (χ1) is 9.08. The van der Waals surface area contributed by atoms with Gasteiger partial charge in [0.25, 0.3) is 0 Å². The number of nitrogens with one attached hydrogen (secondary N) is 1. The molecule has 1 rings (SSSR count). The molecule has 1 saturated heterocycles. The van der Waals surface area contributed by atoms with Crippen molar-refractivity contribution in [3.63, 3.8) is 0 Å². The summed E-state index contributed by atoms with van der Waals surface area (Å²) in [6.45, 7) is 11.9. The molecule has 112 valence electrons. The Morgan fingerprint density at radius 1 is 1.32 bits per heavy atom. The zero-order chi connectivity index (χ0) is 14.3. The molecule has 0 aromatic rings. The standard InChI is InChI=1S/C16H32N2O/c1-5-15(6-2)18(12-13(3)4)16(19)8-7-14-9-10-17-11-14/h13-15,17H,5-12H2,1-4H3. The van der Waals surface area contributed by atoms with Gasteiger partial charge in [0.1, 0.15) is 0 Å². The van der Waals surface area contributed by atoms with E-state index in [1.807, 2.05) is 0 Å². The third kappa shape index (κ3) is 5.52. The number of carbonyl (C=O) groups excluding carboxylic acids is 1. The van der Waals surface area contributed by atoms with Crippen LogP contribution in [0.1, 0.15) is 59.8 Å². The quantitative estimate of drug-likeness (QED) is 0.734. The smallest absolute Gasteiger partial charge is 0.222 e. The summed E-state index contributed by atoms with van der Waals surface area (Å²) in [6, 6.07) is 0.427. The van der Waals surface area contributed by atoms with Crippen molar-refractivity contribution in [2.45, 2.75) is 65.8 Å². The van der Waals surface area contributed by atoms with Crippen LogP contribution in [0.15, 0.2) is 0 Å². The Morgan fingerprint density at radius 3 is 2.47 bits per heavy atom. The molecule has 19 heavy (non-hydrogen) atoms. The molecule has 0 bridgehead atoms. The molecular weight excluding hydrogens is 236 g/mol. The fourth-order valence-electron chi connectivity index (χ4n) is 3.01. The number of rotatable bonds is 8. The average molecular weight is 268 g/mol. The summed E-state index contributed by atoms with van der Waals surface area (Å²) in [4.78, 5) is 14.6. The van der Waals surface area contributed by atoms with E-state index in [1.165, 1.54) is 6.42 Å². The number of hydrogen-bond donors (Lipinski definition) is 1.